The van der Waals surface area contributed by atoms with E-state index in [9.17, 15) is 14.9 Å². The van der Waals surface area contributed by atoms with E-state index in [-0.39, 0.29) is 11.5 Å². The highest BCUT2D eigenvalue weighted by atomic mass is 79.9. The quantitative estimate of drug-likeness (QED) is 0.660. The van der Waals surface area contributed by atoms with Gasteiger partial charge in [-0.1, -0.05) is 0 Å². The van der Waals surface area contributed by atoms with Crippen molar-refractivity contribution in [3.05, 3.63) is 26.3 Å². The molecule has 7 heteroatoms. The number of rotatable bonds is 2. The predicted octanol–water partition coefficient (Wildman–Crippen LogP) is 2.02. The molecule has 0 unspecified atom stereocenters. The molecule has 0 aliphatic carbocycles. The van der Waals surface area contributed by atoms with Gasteiger partial charge in [0.25, 0.3) is 0 Å². The Balaban J connectivity index is 3.33. The standard InChI is InChI=1S/C8H8BrN3O3/c1-4-6(9)3-10-8(11-5(2)13)7(4)12(14)15/h3H,1-2H3,(H,10,11,13). The van der Waals surface area contributed by atoms with Crippen LogP contribution in [-0.4, -0.2) is 15.8 Å². The number of carbonyl (C=O) groups excluding carboxylic acids is 1. The Bertz CT molecular complexity index is 433. The summed E-state index contributed by atoms with van der Waals surface area (Å²) in [5.41, 5.74) is 0.235. The number of nitrogens with one attached hydrogen (secondary N) is 1. The van der Waals surface area contributed by atoms with Gasteiger partial charge < -0.3 is 5.32 Å². The minimum Gasteiger partial charge on any atom is -0.305 e. The second kappa shape index (κ2) is 4.35. The fourth-order valence-corrected chi connectivity index (χ4v) is 1.34. The number of hydrogen-bond donors (Lipinski definition) is 1. The van der Waals surface area contributed by atoms with Gasteiger partial charge in [-0.2, -0.15) is 0 Å². The molecule has 80 valence electrons. The average Bonchev–Trinajstić information content (AvgIpc) is 2.10. The van der Waals surface area contributed by atoms with Crippen molar-refractivity contribution in [2.45, 2.75) is 13.8 Å². The van der Waals surface area contributed by atoms with Gasteiger partial charge in [-0.25, -0.2) is 4.98 Å². The van der Waals surface area contributed by atoms with Crippen LogP contribution in [0.5, 0.6) is 0 Å². The fraction of sp³-hybridized carbons (Fsp3) is 0.250. The average molecular weight is 274 g/mol. The number of anilines is 1. The van der Waals surface area contributed by atoms with Gasteiger partial charge in [0.15, 0.2) is 0 Å². The van der Waals surface area contributed by atoms with Crippen LogP contribution in [0.4, 0.5) is 11.5 Å². The number of amides is 1. The minimum absolute atomic E-state index is 0.0341. The third kappa shape index (κ3) is 2.50. The summed E-state index contributed by atoms with van der Waals surface area (Å²) in [4.78, 5) is 24.8. The molecule has 0 atom stereocenters. The Hall–Kier alpha value is -1.50. The second-order valence-corrected chi connectivity index (χ2v) is 3.72. The monoisotopic (exact) mass is 273 g/mol. The van der Waals surface area contributed by atoms with Crippen LogP contribution in [0.15, 0.2) is 10.7 Å². The normalized spacial score (nSPS) is 9.80. The number of pyridine rings is 1. The van der Waals surface area contributed by atoms with Gasteiger partial charge in [-0.05, 0) is 22.9 Å². The van der Waals surface area contributed by atoms with Crippen molar-refractivity contribution in [1.82, 2.24) is 4.98 Å². The largest absolute Gasteiger partial charge is 0.315 e. The third-order valence-electron chi connectivity index (χ3n) is 1.72. The number of halogens is 1. The molecule has 15 heavy (non-hydrogen) atoms. The molecule has 1 amide bonds. The van der Waals surface area contributed by atoms with Crippen molar-refractivity contribution in [2.75, 3.05) is 5.32 Å². The van der Waals surface area contributed by atoms with E-state index in [1.807, 2.05) is 0 Å². The molecule has 0 aliphatic heterocycles. The molecular formula is C8H8BrN3O3. The van der Waals surface area contributed by atoms with E-state index < -0.39 is 10.8 Å². The molecule has 1 aromatic rings. The summed E-state index contributed by atoms with van der Waals surface area (Å²) >= 11 is 3.14. The summed E-state index contributed by atoms with van der Waals surface area (Å²) < 4.78 is 0.531. The number of nitrogens with zero attached hydrogens (tertiary/aromatic N) is 2. The Morgan fingerprint density at radius 2 is 2.27 bits per heavy atom. The number of aromatic nitrogens is 1. The highest BCUT2D eigenvalue weighted by molar-refractivity contribution is 9.10. The molecule has 6 nitrogen and oxygen atoms in total. The molecule has 1 N–H and O–H groups in total. The van der Waals surface area contributed by atoms with Crippen molar-refractivity contribution < 1.29 is 9.72 Å². The number of carbonyl (C=O) groups is 1. The van der Waals surface area contributed by atoms with Crippen LogP contribution in [0.3, 0.4) is 0 Å². The lowest BCUT2D eigenvalue weighted by molar-refractivity contribution is -0.384. The molecular weight excluding hydrogens is 266 g/mol. The first-order valence-electron chi connectivity index (χ1n) is 4.00. The lowest BCUT2D eigenvalue weighted by Crippen LogP contribution is -2.10. The van der Waals surface area contributed by atoms with Gasteiger partial charge in [-0.3, -0.25) is 14.9 Å². The summed E-state index contributed by atoms with van der Waals surface area (Å²) in [5, 5.41) is 13.1. The van der Waals surface area contributed by atoms with Crippen LogP contribution in [0, 0.1) is 17.0 Å². The first-order valence-corrected chi connectivity index (χ1v) is 4.80. The Morgan fingerprint density at radius 3 is 2.73 bits per heavy atom. The Morgan fingerprint density at radius 1 is 1.67 bits per heavy atom. The van der Waals surface area contributed by atoms with Crippen LogP contribution in [0.25, 0.3) is 0 Å². The molecule has 1 rings (SSSR count). The minimum atomic E-state index is -0.571. The first kappa shape index (κ1) is 11.6. The van der Waals surface area contributed by atoms with Gasteiger partial charge in [0.05, 0.1) is 4.92 Å². The van der Waals surface area contributed by atoms with Gasteiger partial charge in [-0.15, -0.1) is 0 Å². The van der Waals surface area contributed by atoms with Crippen LogP contribution >= 0.6 is 15.9 Å². The molecule has 0 aliphatic rings. The van der Waals surface area contributed by atoms with Crippen molar-refractivity contribution in [3.63, 3.8) is 0 Å². The van der Waals surface area contributed by atoms with Gasteiger partial charge in [0.1, 0.15) is 0 Å². The lowest BCUT2D eigenvalue weighted by Gasteiger charge is -2.05. The molecule has 0 radical (unpaired) electrons. The molecule has 0 bridgehead atoms. The summed E-state index contributed by atoms with van der Waals surface area (Å²) in [6.07, 6.45) is 1.41. The molecule has 1 heterocycles. The van der Waals surface area contributed by atoms with Crippen LogP contribution < -0.4 is 5.32 Å². The van der Waals surface area contributed by atoms with Crippen LogP contribution in [0.2, 0.25) is 0 Å². The van der Waals surface area contributed by atoms with Crippen molar-refractivity contribution >= 4 is 33.3 Å². The summed E-state index contributed by atoms with van der Waals surface area (Å²) in [6, 6.07) is 0. The topological polar surface area (TPSA) is 85.1 Å². The number of nitro groups is 1. The van der Waals surface area contributed by atoms with Gasteiger partial charge in [0, 0.05) is 23.2 Å². The number of hydrogen-bond acceptors (Lipinski definition) is 4. The van der Waals surface area contributed by atoms with E-state index in [0.29, 0.717) is 10.0 Å². The maximum absolute atomic E-state index is 10.8. The zero-order valence-corrected chi connectivity index (χ0v) is 9.66. The fourth-order valence-electron chi connectivity index (χ4n) is 1.05. The third-order valence-corrected chi connectivity index (χ3v) is 2.52. The highest BCUT2D eigenvalue weighted by Gasteiger charge is 2.21. The van der Waals surface area contributed by atoms with E-state index in [1.165, 1.54) is 13.1 Å². The SMILES string of the molecule is CC(=O)Nc1ncc(Br)c(C)c1[N+](=O)[O-]. The van der Waals surface area contributed by atoms with Crippen LogP contribution in [0.1, 0.15) is 12.5 Å². The molecule has 0 saturated heterocycles. The van der Waals surface area contributed by atoms with E-state index in [1.54, 1.807) is 6.92 Å². The summed E-state index contributed by atoms with van der Waals surface area (Å²) in [7, 11) is 0. The van der Waals surface area contributed by atoms with E-state index in [4.69, 9.17) is 0 Å². The Labute approximate surface area is 94.0 Å². The van der Waals surface area contributed by atoms with Crippen molar-refractivity contribution in [1.29, 1.82) is 0 Å². The molecule has 0 fully saturated rings. The van der Waals surface area contributed by atoms with Gasteiger partial charge in [0.2, 0.25) is 11.7 Å². The maximum atomic E-state index is 10.8. The highest BCUT2D eigenvalue weighted by Crippen LogP contribution is 2.30. The first-order chi connectivity index (χ1) is 6.93. The lowest BCUT2D eigenvalue weighted by atomic mass is 10.2. The Kier molecular flexibility index (Phi) is 3.35. The summed E-state index contributed by atoms with van der Waals surface area (Å²) in [6.45, 7) is 2.85. The predicted molar refractivity (Wildman–Crippen MR) is 57.6 cm³/mol. The molecule has 0 saturated carbocycles. The maximum Gasteiger partial charge on any atom is 0.315 e. The smallest absolute Gasteiger partial charge is 0.305 e. The molecule has 0 aromatic carbocycles. The second-order valence-electron chi connectivity index (χ2n) is 2.87. The van der Waals surface area contributed by atoms with E-state index in [2.05, 4.69) is 26.2 Å². The van der Waals surface area contributed by atoms with Crippen molar-refractivity contribution in [3.8, 4) is 0 Å². The van der Waals surface area contributed by atoms with Gasteiger partial charge >= 0.3 is 5.69 Å². The molecule has 1 aromatic heterocycles. The molecule has 0 spiro atoms. The van der Waals surface area contributed by atoms with E-state index >= 15 is 0 Å². The van der Waals surface area contributed by atoms with E-state index in [0.717, 1.165) is 0 Å². The zero-order chi connectivity index (χ0) is 11.6. The van der Waals surface area contributed by atoms with Crippen molar-refractivity contribution in [2.24, 2.45) is 0 Å². The summed E-state index contributed by atoms with van der Waals surface area (Å²) in [5.74, 6) is -0.430. The van der Waals surface area contributed by atoms with Crippen LogP contribution in [-0.2, 0) is 4.79 Å². The zero-order valence-electron chi connectivity index (χ0n) is 8.07.